The van der Waals surface area contributed by atoms with Crippen LogP contribution in [-0.4, -0.2) is 73.2 Å². The normalized spacial score (nSPS) is 14.8. The molecule has 1 saturated heterocycles. The maximum absolute atomic E-state index is 5.79. The molecule has 0 bridgehead atoms. The van der Waals surface area contributed by atoms with Gasteiger partial charge in [-0.2, -0.15) is 4.37 Å². The van der Waals surface area contributed by atoms with Crippen molar-refractivity contribution in [3.05, 3.63) is 35.7 Å². The number of aromatic nitrogens is 2. The molecule has 0 atom stereocenters. The van der Waals surface area contributed by atoms with E-state index in [9.17, 15) is 0 Å². The lowest BCUT2D eigenvalue weighted by molar-refractivity contribution is 0.128. The number of guanidine groups is 1. The van der Waals surface area contributed by atoms with Gasteiger partial charge in [-0.1, -0.05) is 19.1 Å². The van der Waals surface area contributed by atoms with Crippen LogP contribution in [0.25, 0.3) is 0 Å². The van der Waals surface area contributed by atoms with E-state index >= 15 is 0 Å². The smallest absolute Gasteiger partial charge is 0.205 e. The molecule has 1 aliphatic rings. The third-order valence-corrected chi connectivity index (χ3v) is 5.67. The number of hydrogen-bond acceptors (Lipinski definition) is 7. The molecule has 0 unspecified atom stereocenters. The summed E-state index contributed by atoms with van der Waals surface area (Å²) in [5.41, 5.74) is 1.10. The zero-order valence-corrected chi connectivity index (χ0v) is 19.0. The second kappa shape index (κ2) is 11.7. The number of ether oxygens (including phenoxy) is 2. The maximum atomic E-state index is 5.79. The number of aryl methyl sites for hydroxylation is 1. The fourth-order valence-electron chi connectivity index (χ4n) is 3.22. The van der Waals surface area contributed by atoms with Gasteiger partial charge >= 0.3 is 0 Å². The van der Waals surface area contributed by atoms with Gasteiger partial charge in [0.15, 0.2) is 5.96 Å². The minimum absolute atomic E-state index is 0.559. The predicted octanol–water partition coefficient (Wildman–Crippen LogP) is 2.41. The van der Waals surface area contributed by atoms with E-state index in [-0.39, 0.29) is 0 Å². The number of nitrogens with one attached hydrogen (secondary N) is 1. The van der Waals surface area contributed by atoms with E-state index in [1.807, 2.05) is 24.3 Å². The Bertz CT molecular complexity index is 804. The van der Waals surface area contributed by atoms with Crippen LogP contribution in [0.2, 0.25) is 0 Å². The summed E-state index contributed by atoms with van der Waals surface area (Å²) < 4.78 is 15.4. The van der Waals surface area contributed by atoms with Crippen LogP contribution in [0.3, 0.4) is 0 Å². The van der Waals surface area contributed by atoms with Crippen molar-refractivity contribution in [2.45, 2.75) is 26.9 Å². The van der Waals surface area contributed by atoms with Crippen molar-refractivity contribution < 1.29 is 9.47 Å². The Labute approximate surface area is 183 Å². The second-order valence-corrected chi connectivity index (χ2v) is 7.69. The van der Waals surface area contributed by atoms with Crippen molar-refractivity contribution in [1.82, 2.24) is 19.6 Å². The number of rotatable bonds is 9. The largest absolute Gasteiger partial charge is 0.497 e. The Morgan fingerprint density at radius 3 is 2.77 bits per heavy atom. The number of aliphatic imine (C=N–C) groups is 1. The monoisotopic (exact) mass is 432 g/mol. The summed E-state index contributed by atoms with van der Waals surface area (Å²) >= 11 is 1.50. The molecule has 2 aromatic rings. The third-order valence-electron chi connectivity index (χ3n) is 4.86. The second-order valence-electron chi connectivity index (χ2n) is 6.96. The first-order valence-corrected chi connectivity index (χ1v) is 11.3. The first-order chi connectivity index (χ1) is 14.7. The molecule has 0 radical (unpaired) electrons. The first-order valence-electron chi connectivity index (χ1n) is 10.5. The molecule has 3 rings (SSSR count). The molecule has 0 amide bonds. The maximum Gasteiger partial charge on any atom is 0.205 e. The molecule has 0 aliphatic carbocycles. The molecular weight excluding hydrogens is 400 g/mol. The standard InChI is InChI=1S/C21H32N6O2S/c1-4-19-24-21(30-25-19)27-12-10-26(11-13-27)20(22-5-2)23-9-14-29-16-17-7-6-8-18(15-17)28-3/h6-8,15H,4-5,9-14,16H2,1-3H3,(H,22,23). The fraction of sp³-hybridized carbons (Fsp3) is 0.571. The van der Waals surface area contributed by atoms with Gasteiger partial charge in [0.05, 0.1) is 26.9 Å². The lowest BCUT2D eigenvalue weighted by Crippen LogP contribution is -2.52. The number of anilines is 1. The molecule has 0 spiro atoms. The molecule has 1 aliphatic heterocycles. The number of methoxy groups -OCH3 is 1. The van der Waals surface area contributed by atoms with Crippen molar-refractivity contribution >= 4 is 22.6 Å². The molecule has 1 aromatic heterocycles. The van der Waals surface area contributed by atoms with Gasteiger partial charge in [0.25, 0.3) is 0 Å². The summed E-state index contributed by atoms with van der Waals surface area (Å²) in [5, 5.41) is 4.43. The molecule has 1 N–H and O–H groups in total. The zero-order valence-electron chi connectivity index (χ0n) is 18.1. The van der Waals surface area contributed by atoms with Crippen LogP contribution in [0.5, 0.6) is 5.75 Å². The van der Waals surface area contributed by atoms with Crippen LogP contribution in [0, 0.1) is 0 Å². The van der Waals surface area contributed by atoms with E-state index in [4.69, 9.17) is 14.5 Å². The molecule has 8 nitrogen and oxygen atoms in total. The fourth-order valence-corrected chi connectivity index (χ4v) is 4.02. The SMILES string of the molecule is CCNC(=NCCOCc1cccc(OC)c1)N1CCN(c2nc(CC)ns2)CC1. The number of hydrogen-bond donors (Lipinski definition) is 1. The lowest BCUT2D eigenvalue weighted by Gasteiger charge is -2.36. The third kappa shape index (κ3) is 6.30. The van der Waals surface area contributed by atoms with Crippen LogP contribution in [0.15, 0.2) is 29.3 Å². The van der Waals surface area contributed by atoms with Crippen molar-refractivity contribution in [2.75, 3.05) is 57.9 Å². The lowest BCUT2D eigenvalue weighted by atomic mass is 10.2. The highest BCUT2D eigenvalue weighted by molar-refractivity contribution is 7.09. The Morgan fingerprint density at radius 2 is 2.07 bits per heavy atom. The Balaban J connectivity index is 1.45. The van der Waals surface area contributed by atoms with Crippen LogP contribution in [0.4, 0.5) is 5.13 Å². The number of nitrogens with zero attached hydrogens (tertiary/aromatic N) is 5. The van der Waals surface area contributed by atoms with Gasteiger partial charge in [0, 0.05) is 50.7 Å². The summed E-state index contributed by atoms with van der Waals surface area (Å²) in [5.74, 6) is 2.73. The van der Waals surface area contributed by atoms with Crippen LogP contribution in [0.1, 0.15) is 25.2 Å². The van der Waals surface area contributed by atoms with Gasteiger partial charge in [-0.3, -0.25) is 4.99 Å². The van der Waals surface area contributed by atoms with Crippen LogP contribution in [-0.2, 0) is 17.8 Å². The minimum Gasteiger partial charge on any atom is -0.497 e. The molecule has 2 heterocycles. The quantitative estimate of drug-likeness (QED) is 0.370. The highest BCUT2D eigenvalue weighted by Gasteiger charge is 2.21. The molecule has 1 fully saturated rings. The van der Waals surface area contributed by atoms with E-state index < -0.39 is 0 Å². The van der Waals surface area contributed by atoms with E-state index in [2.05, 4.69) is 38.3 Å². The van der Waals surface area contributed by atoms with Gasteiger partial charge in [0.1, 0.15) is 11.6 Å². The van der Waals surface area contributed by atoms with Gasteiger partial charge in [-0.15, -0.1) is 0 Å². The van der Waals surface area contributed by atoms with Crippen LogP contribution < -0.4 is 15.0 Å². The van der Waals surface area contributed by atoms with Gasteiger partial charge in [-0.25, -0.2) is 4.98 Å². The summed E-state index contributed by atoms with van der Waals surface area (Å²) in [4.78, 5) is 14.0. The number of piperazine rings is 1. The summed E-state index contributed by atoms with van der Waals surface area (Å²) in [7, 11) is 1.67. The molecule has 30 heavy (non-hydrogen) atoms. The van der Waals surface area contributed by atoms with Crippen molar-refractivity contribution in [3.63, 3.8) is 0 Å². The average Bonchev–Trinajstić information content (AvgIpc) is 3.28. The summed E-state index contributed by atoms with van der Waals surface area (Å²) in [6.07, 6.45) is 0.883. The van der Waals surface area contributed by atoms with E-state index in [1.54, 1.807) is 7.11 Å². The average molecular weight is 433 g/mol. The van der Waals surface area contributed by atoms with Gasteiger partial charge < -0.3 is 24.6 Å². The predicted molar refractivity (Wildman–Crippen MR) is 122 cm³/mol. The van der Waals surface area contributed by atoms with E-state index in [0.717, 1.165) is 67.4 Å². The summed E-state index contributed by atoms with van der Waals surface area (Å²) in [6, 6.07) is 7.94. The van der Waals surface area contributed by atoms with Crippen molar-refractivity contribution in [2.24, 2.45) is 4.99 Å². The minimum atomic E-state index is 0.559. The van der Waals surface area contributed by atoms with Crippen molar-refractivity contribution in [3.8, 4) is 5.75 Å². The molecule has 0 saturated carbocycles. The molecule has 164 valence electrons. The first kappa shape index (κ1) is 22.3. The molecule has 9 heteroatoms. The highest BCUT2D eigenvalue weighted by Crippen LogP contribution is 2.19. The highest BCUT2D eigenvalue weighted by atomic mass is 32.1. The zero-order chi connectivity index (χ0) is 21.2. The van der Waals surface area contributed by atoms with Crippen molar-refractivity contribution in [1.29, 1.82) is 0 Å². The van der Waals surface area contributed by atoms with E-state index in [1.165, 1.54) is 11.5 Å². The Hall–Kier alpha value is -2.39. The topological polar surface area (TPSA) is 75.1 Å². The molecular formula is C21H32N6O2S. The number of benzene rings is 1. The molecule has 1 aromatic carbocycles. The van der Waals surface area contributed by atoms with Crippen LogP contribution >= 0.6 is 11.5 Å². The summed E-state index contributed by atoms with van der Waals surface area (Å²) in [6.45, 7) is 10.5. The van der Waals surface area contributed by atoms with E-state index in [0.29, 0.717) is 19.8 Å². The van der Waals surface area contributed by atoms with Gasteiger partial charge in [-0.05, 0) is 24.6 Å². The van der Waals surface area contributed by atoms with Gasteiger partial charge in [0.2, 0.25) is 5.13 Å². The Morgan fingerprint density at radius 1 is 1.23 bits per heavy atom. The Kier molecular flexibility index (Phi) is 8.70.